The second-order valence-corrected chi connectivity index (χ2v) is 10.9. The number of hydrogen-bond donors (Lipinski definition) is 0. The maximum absolute atomic E-state index is 13.2. The highest BCUT2D eigenvalue weighted by Crippen LogP contribution is 2.41. The summed E-state index contributed by atoms with van der Waals surface area (Å²) in [5.74, 6) is 1.69. The molecule has 1 fully saturated rings. The Kier molecular flexibility index (Phi) is 8.09. The fraction of sp³-hybridized carbons (Fsp3) is 0.185. The molecule has 3 aromatic carbocycles. The Balaban J connectivity index is 1.35. The molecule has 2 aliphatic rings. The van der Waals surface area contributed by atoms with Gasteiger partial charge in [0.2, 0.25) is 6.79 Å². The second-order valence-electron chi connectivity index (χ2n) is 8.24. The van der Waals surface area contributed by atoms with E-state index >= 15 is 0 Å². The highest BCUT2D eigenvalue weighted by Gasteiger charge is 2.36. The molecule has 0 aliphatic carbocycles. The van der Waals surface area contributed by atoms with Gasteiger partial charge in [0.1, 0.15) is 6.61 Å². The molecule has 38 heavy (non-hydrogen) atoms. The van der Waals surface area contributed by atoms with Crippen LogP contribution in [0.5, 0.6) is 23.0 Å². The summed E-state index contributed by atoms with van der Waals surface area (Å²) in [7, 11) is 0. The van der Waals surface area contributed by atoms with E-state index in [-0.39, 0.29) is 23.5 Å². The molecular formula is C27H20BrCl2NO6S. The van der Waals surface area contributed by atoms with Gasteiger partial charge in [0.05, 0.1) is 22.5 Å². The fourth-order valence-electron chi connectivity index (χ4n) is 3.85. The van der Waals surface area contributed by atoms with Gasteiger partial charge < -0.3 is 18.9 Å². The molecular weight excluding hydrogens is 617 g/mol. The summed E-state index contributed by atoms with van der Waals surface area (Å²) >= 11 is 16.7. The Hall–Kier alpha value is -2.85. The van der Waals surface area contributed by atoms with E-state index in [0.29, 0.717) is 61.9 Å². The summed E-state index contributed by atoms with van der Waals surface area (Å²) in [6.07, 6.45) is 1.66. The number of amides is 2. The lowest BCUT2D eigenvalue weighted by atomic mass is 10.1. The summed E-state index contributed by atoms with van der Waals surface area (Å²) in [5.41, 5.74) is 2.21. The van der Waals surface area contributed by atoms with Gasteiger partial charge in [-0.25, -0.2) is 0 Å². The molecule has 0 N–H and O–H groups in total. The monoisotopic (exact) mass is 635 g/mol. The number of rotatable bonds is 8. The largest absolute Gasteiger partial charge is 0.490 e. The first kappa shape index (κ1) is 26.7. The van der Waals surface area contributed by atoms with Gasteiger partial charge in [-0.15, -0.1) is 0 Å². The number of fused-ring (bicyclic) bond motifs is 1. The standard InChI is InChI=1S/C27H20BrCl2NO6S/c1-2-34-23-8-16(7-19(28)25(23)35-13-15-3-5-18(29)6-4-15)9-24-26(32)31(27(33)38-24)12-17-10-21-22(11-20(17)30)37-14-36-21/h3-11H,2,12-14H2,1H3/b24-9+. The molecule has 196 valence electrons. The number of carbonyl (C=O) groups excluding carboxylic acids is 2. The Morgan fingerprint density at radius 2 is 1.79 bits per heavy atom. The number of benzene rings is 3. The van der Waals surface area contributed by atoms with Crippen molar-refractivity contribution < 1.29 is 28.5 Å². The van der Waals surface area contributed by atoms with Crippen LogP contribution in [0, 0.1) is 0 Å². The fourth-order valence-corrected chi connectivity index (χ4v) is 5.60. The minimum absolute atomic E-state index is 0.0167. The Bertz CT molecular complexity index is 1450. The van der Waals surface area contributed by atoms with Crippen molar-refractivity contribution in [2.24, 2.45) is 0 Å². The van der Waals surface area contributed by atoms with Gasteiger partial charge in [-0.1, -0.05) is 35.3 Å². The van der Waals surface area contributed by atoms with E-state index in [1.165, 1.54) is 0 Å². The van der Waals surface area contributed by atoms with Gasteiger partial charge >= 0.3 is 0 Å². The Labute approximate surface area is 241 Å². The molecule has 0 aromatic heterocycles. The van der Waals surface area contributed by atoms with Crippen LogP contribution in [0.2, 0.25) is 10.0 Å². The SMILES string of the molecule is CCOc1cc(/C=C2/SC(=O)N(Cc3cc4c(cc3Cl)OCO4)C2=O)cc(Br)c1OCc1ccc(Cl)cc1. The van der Waals surface area contributed by atoms with Crippen LogP contribution in [-0.2, 0) is 17.9 Å². The van der Waals surface area contributed by atoms with Crippen molar-refractivity contribution in [3.8, 4) is 23.0 Å². The second kappa shape index (κ2) is 11.5. The lowest BCUT2D eigenvalue weighted by molar-refractivity contribution is -0.123. The van der Waals surface area contributed by atoms with Crippen LogP contribution in [0.25, 0.3) is 6.08 Å². The number of ether oxygens (including phenoxy) is 4. The quantitative estimate of drug-likeness (QED) is 0.235. The van der Waals surface area contributed by atoms with Crippen LogP contribution >= 0.6 is 50.9 Å². The molecule has 3 aromatic rings. The van der Waals surface area contributed by atoms with Crippen molar-refractivity contribution in [2.75, 3.05) is 13.4 Å². The summed E-state index contributed by atoms with van der Waals surface area (Å²) in [6.45, 7) is 2.72. The third-order valence-corrected chi connectivity index (χ3v) is 7.77. The molecule has 0 atom stereocenters. The number of carbonyl (C=O) groups is 2. The first-order valence-electron chi connectivity index (χ1n) is 11.5. The van der Waals surface area contributed by atoms with E-state index in [1.807, 2.05) is 25.1 Å². The molecule has 0 spiro atoms. The molecule has 7 nitrogen and oxygen atoms in total. The third-order valence-electron chi connectivity index (χ3n) is 5.67. The third kappa shape index (κ3) is 5.76. The number of nitrogens with zero attached hydrogens (tertiary/aromatic N) is 1. The number of halogens is 3. The van der Waals surface area contributed by atoms with E-state index in [9.17, 15) is 9.59 Å². The van der Waals surface area contributed by atoms with Gasteiger partial charge in [0.25, 0.3) is 11.1 Å². The van der Waals surface area contributed by atoms with Crippen molar-refractivity contribution in [3.63, 3.8) is 0 Å². The number of hydrogen-bond acceptors (Lipinski definition) is 7. The molecule has 2 amide bonds. The predicted octanol–water partition coefficient (Wildman–Crippen LogP) is 7.70. The minimum atomic E-state index is -0.411. The molecule has 11 heteroatoms. The van der Waals surface area contributed by atoms with Gasteiger partial charge in [-0.3, -0.25) is 14.5 Å². The molecule has 2 heterocycles. The van der Waals surface area contributed by atoms with Crippen LogP contribution in [0.1, 0.15) is 23.6 Å². The average molecular weight is 637 g/mol. The first-order valence-corrected chi connectivity index (χ1v) is 13.9. The zero-order valence-electron chi connectivity index (χ0n) is 20.0. The zero-order valence-corrected chi connectivity index (χ0v) is 23.9. The van der Waals surface area contributed by atoms with Crippen molar-refractivity contribution in [3.05, 3.63) is 84.6 Å². The lowest BCUT2D eigenvalue weighted by Gasteiger charge is -2.15. The van der Waals surface area contributed by atoms with Gasteiger partial charge in [0, 0.05) is 16.1 Å². The Morgan fingerprint density at radius 1 is 1.05 bits per heavy atom. The van der Waals surface area contributed by atoms with Crippen LogP contribution < -0.4 is 18.9 Å². The highest BCUT2D eigenvalue weighted by molar-refractivity contribution is 9.10. The number of thioether (sulfide) groups is 1. The lowest BCUT2D eigenvalue weighted by Crippen LogP contribution is -2.27. The normalized spacial score (nSPS) is 15.5. The molecule has 0 unspecified atom stereocenters. The summed E-state index contributed by atoms with van der Waals surface area (Å²) in [6, 6.07) is 14.3. The summed E-state index contributed by atoms with van der Waals surface area (Å²) in [4.78, 5) is 27.3. The average Bonchev–Trinajstić information content (AvgIpc) is 3.44. The van der Waals surface area contributed by atoms with Crippen LogP contribution in [0.4, 0.5) is 4.79 Å². The van der Waals surface area contributed by atoms with Crippen LogP contribution in [-0.4, -0.2) is 29.4 Å². The van der Waals surface area contributed by atoms with Gasteiger partial charge in [-0.2, -0.15) is 0 Å². The summed E-state index contributed by atoms with van der Waals surface area (Å²) < 4.78 is 23.2. The van der Waals surface area contributed by atoms with Crippen LogP contribution in [0.3, 0.4) is 0 Å². The van der Waals surface area contributed by atoms with E-state index in [4.69, 9.17) is 42.1 Å². The van der Waals surface area contributed by atoms with E-state index in [0.717, 1.165) is 22.2 Å². The summed E-state index contributed by atoms with van der Waals surface area (Å²) in [5, 5.41) is 0.649. The molecule has 0 radical (unpaired) electrons. The molecule has 5 rings (SSSR count). The molecule has 0 saturated carbocycles. The topological polar surface area (TPSA) is 74.3 Å². The Morgan fingerprint density at radius 3 is 2.53 bits per heavy atom. The predicted molar refractivity (Wildman–Crippen MR) is 150 cm³/mol. The van der Waals surface area contributed by atoms with Crippen molar-refractivity contribution in [2.45, 2.75) is 20.1 Å². The van der Waals surface area contributed by atoms with E-state index in [1.54, 1.807) is 36.4 Å². The van der Waals surface area contributed by atoms with Gasteiger partial charge in [-0.05, 0) is 87.7 Å². The number of imide groups is 1. The van der Waals surface area contributed by atoms with Crippen molar-refractivity contribution >= 4 is 68.1 Å². The van der Waals surface area contributed by atoms with Gasteiger partial charge in [0.15, 0.2) is 23.0 Å². The molecule has 0 bridgehead atoms. The van der Waals surface area contributed by atoms with E-state index < -0.39 is 5.91 Å². The smallest absolute Gasteiger partial charge is 0.293 e. The van der Waals surface area contributed by atoms with Crippen LogP contribution in [0.15, 0.2) is 57.9 Å². The maximum atomic E-state index is 13.2. The first-order chi connectivity index (χ1) is 18.3. The minimum Gasteiger partial charge on any atom is -0.490 e. The molecule has 2 aliphatic heterocycles. The maximum Gasteiger partial charge on any atom is 0.293 e. The molecule has 1 saturated heterocycles. The van der Waals surface area contributed by atoms with E-state index in [2.05, 4.69) is 15.9 Å². The van der Waals surface area contributed by atoms with Crippen molar-refractivity contribution in [1.29, 1.82) is 0 Å². The zero-order chi connectivity index (χ0) is 26.8. The highest BCUT2D eigenvalue weighted by atomic mass is 79.9. The van der Waals surface area contributed by atoms with Crippen molar-refractivity contribution in [1.82, 2.24) is 4.90 Å².